The molecule has 1 N–H and O–H groups in total. The molecule has 7 heteroatoms. The van der Waals surface area contributed by atoms with Gasteiger partial charge < -0.3 is 5.32 Å². The van der Waals surface area contributed by atoms with E-state index in [9.17, 15) is 14.4 Å². The van der Waals surface area contributed by atoms with Crippen LogP contribution in [0.4, 0.5) is 5.69 Å². The van der Waals surface area contributed by atoms with Crippen LogP contribution in [0, 0.1) is 6.92 Å². The number of halogens is 1. The fourth-order valence-corrected chi connectivity index (χ4v) is 3.59. The van der Waals surface area contributed by atoms with E-state index in [1.807, 2.05) is 26.0 Å². The van der Waals surface area contributed by atoms with Crippen LogP contribution in [0.1, 0.15) is 18.9 Å². The molecule has 3 rings (SSSR count). The SMILES string of the molecule is CCCn1c(=O)c2ccccc2n(CC(=O)Nc2ccc(C)cc2Br)c1=O. The van der Waals surface area contributed by atoms with Crippen molar-refractivity contribution in [3.8, 4) is 0 Å². The number of aryl methyl sites for hydroxylation is 1. The molecule has 0 unspecified atom stereocenters. The Labute approximate surface area is 164 Å². The summed E-state index contributed by atoms with van der Waals surface area (Å²) in [7, 11) is 0. The molecule has 1 heterocycles. The molecule has 0 radical (unpaired) electrons. The predicted molar refractivity (Wildman–Crippen MR) is 110 cm³/mol. The number of nitrogens with one attached hydrogen (secondary N) is 1. The van der Waals surface area contributed by atoms with Crippen LogP contribution in [0.3, 0.4) is 0 Å². The predicted octanol–water partition coefficient (Wildman–Crippen LogP) is 3.28. The number of amides is 1. The first-order valence-corrected chi connectivity index (χ1v) is 9.50. The number of anilines is 1. The molecule has 3 aromatic rings. The lowest BCUT2D eigenvalue weighted by Gasteiger charge is -2.14. The Morgan fingerprint density at radius 1 is 1.11 bits per heavy atom. The number of benzene rings is 2. The molecule has 27 heavy (non-hydrogen) atoms. The van der Waals surface area contributed by atoms with Crippen LogP contribution in [0.5, 0.6) is 0 Å². The van der Waals surface area contributed by atoms with Gasteiger partial charge in [-0.05, 0) is 59.1 Å². The van der Waals surface area contributed by atoms with Crippen LogP contribution in [-0.2, 0) is 17.9 Å². The molecule has 0 aliphatic heterocycles. The summed E-state index contributed by atoms with van der Waals surface area (Å²) in [5.74, 6) is -0.339. The van der Waals surface area contributed by atoms with E-state index in [2.05, 4.69) is 21.2 Å². The van der Waals surface area contributed by atoms with Crippen molar-refractivity contribution in [2.45, 2.75) is 33.4 Å². The Bertz CT molecular complexity index is 1130. The van der Waals surface area contributed by atoms with Crippen molar-refractivity contribution in [3.63, 3.8) is 0 Å². The number of nitrogens with zero attached hydrogens (tertiary/aromatic N) is 2. The Morgan fingerprint density at radius 3 is 2.56 bits per heavy atom. The first-order valence-electron chi connectivity index (χ1n) is 8.70. The molecule has 0 atom stereocenters. The molecule has 0 saturated heterocycles. The van der Waals surface area contributed by atoms with E-state index in [1.54, 1.807) is 30.3 Å². The van der Waals surface area contributed by atoms with Crippen molar-refractivity contribution in [2.75, 3.05) is 5.32 Å². The molecule has 0 aliphatic rings. The molecule has 0 bridgehead atoms. The number of carbonyl (C=O) groups is 1. The van der Waals surface area contributed by atoms with Gasteiger partial charge in [0.25, 0.3) is 5.56 Å². The van der Waals surface area contributed by atoms with Crippen LogP contribution in [0.2, 0.25) is 0 Å². The normalized spacial score (nSPS) is 10.9. The molecule has 0 fully saturated rings. The van der Waals surface area contributed by atoms with Crippen LogP contribution < -0.4 is 16.6 Å². The lowest BCUT2D eigenvalue weighted by molar-refractivity contribution is -0.116. The van der Waals surface area contributed by atoms with Crippen molar-refractivity contribution < 1.29 is 4.79 Å². The second-order valence-corrected chi connectivity index (χ2v) is 7.23. The minimum atomic E-state index is -0.473. The van der Waals surface area contributed by atoms with Gasteiger partial charge in [-0.25, -0.2) is 4.79 Å². The maximum atomic E-state index is 12.8. The second-order valence-electron chi connectivity index (χ2n) is 6.37. The average Bonchev–Trinajstić information content (AvgIpc) is 2.64. The first-order chi connectivity index (χ1) is 12.9. The van der Waals surface area contributed by atoms with E-state index in [-0.39, 0.29) is 18.0 Å². The van der Waals surface area contributed by atoms with Crippen LogP contribution >= 0.6 is 15.9 Å². The maximum Gasteiger partial charge on any atom is 0.331 e. The molecular weight excluding hydrogens is 410 g/mol. The third-order valence-corrected chi connectivity index (χ3v) is 4.94. The van der Waals surface area contributed by atoms with Gasteiger partial charge in [-0.2, -0.15) is 0 Å². The number of hydrogen-bond acceptors (Lipinski definition) is 3. The van der Waals surface area contributed by atoms with Gasteiger partial charge in [0, 0.05) is 11.0 Å². The van der Waals surface area contributed by atoms with Gasteiger partial charge in [0.1, 0.15) is 6.54 Å². The topological polar surface area (TPSA) is 73.1 Å². The van der Waals surface area contributed by atoms with E-state index in [0.717, 1.165) is 10.0 Å². The highest BCUT2D eigenvalue weighted by Gasteiger charge is 2.15. The number of para-hydroxylation sites is 1. The van der Waals surface area contributed by atoms with Gasteiger partial charge in [0.15, 0.2) is 0 Å². The maximum absolute atomic E-state index is 12.8. The molecular formula is C20H20BrN3O3. The average molecular weight is 430 g/mol. The number of hydrogen-bond donors (Lipinski definition) is 1. The molecule has 2 aromatic carbocycles. The molecule has 0 saturated carbocycles. The highest BCUT2D eigenvalue weighted by Crippen LogP contribution is 2.23. The Hall–Kier alpha value is -2.67. The van der Waals surface area contributed by atoms with Crippen molar-refractivity contribution in [2.24, 2.45) is 0 Å². The summed E-state index contributed by atoms with van der Waals surface area (Å²) in [6.07, 6.45) is 0.649. The molecule has 0 aliphatic carbocycles. The minimum absolute atomic E-state index is 0.177. The largest absolute Gasteiger partial charge is 0.331 e. The summed E-state index contributed by atoms with van der Waals surface area (Å²) < 4.78 is 3.31. The molecule has 1 amide bonds. The van der Waals surface area contributed by atoms with Gasteiger partial charge in [0.2, 0.25) is 5.91 Å². The Kier molecular flexibility index (Phi) is 5.60. The van der Waals surface area contributed by atoms with Crippen molar-refractivity contribution in [1.29, 1.82) is 0 Å². The summed E-state index contributed by atoms with van der Waals surface area (Å²) in [6, 6.07) is 12.4. The highest BCUT2D eigenvalue weighted by atomic mass is 79.9. The number of rotatable bonds is 5. The standard InChI is InChI=1S/C20H20BrN3O3/c1-3-10-23-19(26)14-6-4-5-7-17(14)24(20(23)27)12-18(25)22-16-9-8-13(2)11-15(16)21/h4-9,11H,3,10,12H2,1-2H3,(H,22,25). The van der Waals surface area contributed by atoms with Gasteiger partial charge >= 0.3 is 5.69 Å². The van der Waals surface area contributed by atoms with Crippen LogP contribution in [-0.4, -0.2) is 15.0 Å². The van der Waals surface area contributed by atoms with Gasteiger partial charge in [-0.15, -0.1) is 0 Å². The number of aromatic nitrogens is 2. The van der Waals surface area contributed by atoms with Crippen LogP contribution in [0.15, 0.2) is 56.5 Å². The van der Waals surface area contributed by atoms with Gasteiger partial charge in [-0.3, -0.25) is 18.7 Å². The third kappa shape index (κ3) is 3.88. The highest BCUT2D eigenvalue weighted by molar-refractivity contribution is 9.10. The molecule has 1 aromatic heterocycles. The quantitative estimate of drug-likeness (QED) is 0.675. The lowest BCUT2D eigenvalue weighted by Crippen LogP contribution is -2.41. The van der Waals surface area contributed by atoms with Crippen molar-refractivity contribution in [3.05, 3.63) is 73.3 Å². The molecule has 6 nitrogen and oxygen atoms in total. The van der Waals surface area contributed by atoms with E-state index in [0.29, 0.717) is 29.6 Å². The zero-order valence-corrected chi connectivity index (χ0v) is 16.7. The lowest BCUT2D eigenvalue weighted by atomic mass is 10.2. The fraction of sp³-hybridized carbons (Fsp3) is 0.250. The summed E-state index contributed by atoms with van der Waals surface area (Å²) in [6.45, 7) is 3.99. The Morgan fingerprint density at radius 2 is 1.85 bits per heavy atom. The van der Waals surface area contributed by atoms with Crippen LogP contribution in [0.25, 0.3) is 10.9 Å². The number of fused-ring (bicyclic) bond motifs is 1. The van der Waals surface area contributed by atoms with E-state index in [4.69, 9.17) is 0 Å². The monoisotopic (exact) mass is 429 g/mol. The van der Waals surface area contributed by atoms with Crippen molar-refractivity contribution >= 4 is 38.4 Å². The fourth-order valence-electron chi connectivity index (χ4n) is 3.00. The van der Waals surface area contributed by atoms with Gasteiger partial charge in [0.05, 0.1) is 16.6 Å². The summed E-state index contributed by atoms with van der Waals surface area (Å²) >= 11 is 3.43. The summed E-state index contributed by atoms with van der Waals surface area (Å²) in [5, 5.41) is 3.24. The van der Waals surface area contributed by atoms with Crippen molar-refractivity contribution in [1.82, 2.24) is 9.13 Å². The number of carbonyl (C=O) groups excluding carboxylic acids is 1. The van der Waals surface area contributed by atoms with E-state index >= 15 is 0 Å². The van der Waals surface area contributed by atoms with Gasteiger partial charge in [-0.1, -0.05) is 25.1 Å². The third-order valence-electron chi connectivity index (χ3n) is 4.28. The van der Waals surface area contributed by atoms with E-state index < -0.39 is 5.69 Å². The molecule has 140 valence electrons. The molecule has 0 spiro atoms. The second kappa shape index (κ2) is 7.92. The summed E-state index contributed by atoms with van der Waals surface area (Å²) in [5.41, 5.74) is 1.35. The zero-order valence-electron chi connectivity index (χ0n) is 15.2. The van der Waals surface area contributed by atoms with E-state index in [1.165, 1.54) is 9.13 Å². The first kappa shape index (κ1) is 19.1. The summed E-state index contributed by atoms with van der Waals surface area (Å²) in [4.78, 5) is 38.0. The zero-order chi connectivity index (χ0) is 19.6. The smallest absolute Gasteiger partial charge is 0.324 e. The minimum Gasteiger partial charge on any atom is -0.324 e. The Balaban J connectivity index is 2.02.